The predicted octanol–water partition coefficient (Wildman–Crippen LogP) is 21.4. The van der Waals surface area contributed by atoms with Crippen molar-refractivity contribution < 1.29 is 0 Å². The first-order valence-electron chi connectivity index (χ1n) is 30.4. The molecule has 0 radical (unpaired) electrons. The van der Waals surface area contributed by atoms with E-state index in [1.54, 1.807) is 0 Å². The van der Waals surface area contributed by atoms with Gasteiger partial charge in [-0.1, -0.05) is 160 Å². The maximum Gasteiger partial charge on any atom is 0.0561 e. The number of aryl methyl sites for hydroxylation is 4. The van der Waals surface area contributed by atoms with Crippen molar-refractivity contribution in [3.05, 3.63) is 252 Å². The third kappa shape index (κ3) is 7.64. The second-order valence-corrected chi connectivity index (χ2v) is 23.4. The molecule has 0 unspecified atom stereocenters. The molecule has 0 N–H and O–H groups in total. The normalized spacial score (nSPS) is 13.5. The molecule has 398 valence electrons. The fraction of sp³-hybridized carbons (Fsp3) is 0.179. The summed E-state index contributed by atoms with van der Waals surface area (Å²) >= 11 is 0. The molecule has 0 spiro atoms. The van der Waals surface area contributed by atoms with Crippen molar-refractivity contribution in [2.24, 2.45) is 0 Å². The molecule has 2 heterocycles. The van der Waals surface area contributed by atoms with Crippen LogP contribution in [0.25, 0.3) is 87.3 Å². The van der Waals surface area contributed by atoms with E-state index in [1.807, 2.05) is 0 Å². The van der Waals surface area contributed by atoms with Gasteiger partial charge in [-0.3, -0.25) is 0 Å². The molecule has 14 aromatic rings. The van der Waals surface area contributed by atoms with Gasteiger partial charge >= 0.3 is 0 Å². The van der Waals surface area contributed by atoms with Gasteiger partial charge in [0.2, 0.25) is 0 Å². The van der Waals surface area contributed by atoms with E-state index >= 15 is 0 Å². The Morgan fingerprint density at radius 3 is 1.16 bits per heavy atom. The molecule has 4 heteroatoms. The van der Waals surface area contributed by atoms with Crippen molar-refractivity contribution in [3.8, 4) is 11.4 Å². The summed E-state index contributed by atoms with van der Waals surface area (Å²) in [5, 5.41) is 13.1. The quantitative estimate of drug-likeness (QED) is 0.113. The van der Waals surface area contributed by atoms with Crippen molar-refractivity contribution in [2.75, 3.05) is 9.80 Å². The monoisotopic (exact) mass is 1060 g/mol. The lowest BCUT2D eigenvalue weighted by Gasteiger charge is -2.33. The fourth-order valence-corrected chi connectivity index (χ4v) is 15.1. The highest BCUT2D eigenvalue weighted by Gasteiger charge is 2.29. The van der Waals surface area contributed by atoms with Gasteiger partial charge in [0.15, 0.2) is 0 Å². The van der Waals surface area contributed by atoms with Crippen molar-refractivity contribution >= 4 is 110 Å². The van der Waals surface area contributed by atoms with Gasteiger partial charge in [0.1, 0.15) is 0 Å². The third-order valence-corrected chi connectivity index (χ3v) is 18.6. The molecule has 2 aromatic heterocycles. The van der Waals surface area contributed by atoms with Gasteiger partial charge in [-0.15, -0.1) is 0 Å². The molecule has 0 atom stereocenters. The van der Waals surface area contributed by atoms with Crippen LogP contribution in [-0.2, 0) is 38.5 Å². The first-order chi connectivity index (χ1) is 40.6. The average molecular weight is 1060 g/mol. The van der Waals surface area contributed by atoms with Crippen LogP contribution >= 0.6 is 0 Å². The smallest absolute Gasteiger partial charge is 0.0561 e. The van der Waals surface area contributed by atoms with Gasteiger partial charge in [0, 0.05) is 66.4 Å². The van der Waals surface area contributed by atoms with Gasteiger partial charge in [0.05, 0.1) is 33.4 Å². The molecule has 16 rings (SSSR count). The number of hydrogen-bond acceptors (Lipinski definition) is 2. The molecule has 2 aliphatic carbocycles. The molecule has 0 aliphatic heterocycles. The topological polar surface area (TPSA) is 16.3 Å². The Morgan fingerprint density at radius 1 is 0.317 bits per heavy atom. The minimum absolute atomic E-state index is 0.982. The van der Waals surface area contributed by atoms with Crippen LogP contribution in [0.4, 0.5) is 34.1 Å². The van der Waals surface area contributed by atoms with Crippen LogP contribution in [-0.4, -0.2) is 9.13 Å². The molecule has 0 fully saturated rings. The first-order valence-corrected chi connectivity index (χ1v) is 30.4. The Balaban J connectivity index is 0.998. The molecule has 0 saturated carbocycles. The fourth-order valence-electron chi connectivity index (χ4n) is 15.1. The molecular weight excluding hydrogens is 993 g/mol. The molecule has 4 nitrogen and oxygen atoms in total. The Kier molecular flexibility index (Phi) is 11.8. The van der Waals surface area contributed by atoms with Crippen LogP contribution in [0.1, 0.15) is 85.8 Å². The molecule has 12 aromatic carbocycles. The van der Waals surface area contributed by atoms with Gasteiger partial charge in [-0.05, 0) is 204 Å². The lowest BCUT2D eigenvalue weighted by atomic mass is 9.85. The van der Waals surface area contributed by atoms with Crippen molar-refractivity contribution in [2.45, 2.75) is 90.9 Å². The van der Waals surface area contributed by atoms with Crippen LogP contribution in [0, 0.1) is 0 Å². The summed E-state index contributed by atoms with van der Waals surface area (Å²) in [4.78, 5) is 5.36. The van der Waals surface area contributed by atoms with Crippen LogP contribution < -0.4 is 9.80 Å². The van der Waals surface area contributed by atoms with E-state index < -0.39 is 0 Å². The minimum atomic E-state index is 0.982. The van der Waals surface area contributed by atoms with E-state index in [2.05, 4.69) is 251 Å². The summed E-state index contributed by atoms with van der Waals surface area (Å²) in [5.74, 6) is 0. The van der Waals surface area contributed by atoms with E-state index in [1.165, 1.54) is 180 Å². The second-order valence-electron chi connectivity index (χ2n) is 23.4. The van der Waals surface area contributed by atoms with Crippen molar-refractivity contribution in [1.29, 1.82) is 0 Å². The first kappa shape index (κ1) is 48.8. The SMILES string of the molecule is CCCc1cc(N(c2ccc3c4ccccc4n(-c4ccccc4)c3c2)c2cccc3c2CCCC3)c2ccc3c(CCC)cc(N(c4ccc5c6ccccc6n(-c6ccccc6)c5c4)c4cccc5c4CCCC5)c4ccc1c2c34. The van der Waals surface area contributed by atoms with E-state index in [0.717, 1.165) is 51.4 Å². The zero-order valence-corrected chi connectivity index (χ0v) is 47.1. The highest BCUT2D eigenvalue weighted by atomic mass is 15.2. The van der Waals surface area contributed by atoms with E-state index in [9.17, 15) is 0 Å². The highest BCUT2D eigenvalue weighted by molar-refractivity contribution is 6.29. The van der Waals surface area contributed by atoms with Crippen LogP contribution in [0.5, 0.6) is 0 Å². The summed E-state index contributed by atoms with van der Waals surface area (Å²) in [7, 11) is 0. The van der Waals surface area contributed by atoms with Gasteiger partial charge < -0.3 is 18.9 Å². The summed E-state index contributed by atoms with van der Waals surface area (Å²) in [6.07, 6.45) is 13.3. The number of rotatable bonds is 12. The standard InChI is InChI=1S/C78H66N4/c1-3-21-53-47-73(81(69-37-19-25-51-23-11-13-31-59(51)69)57-39-41-65-63-33-15-17-35-71(63)79(75(65)49-57)55-27-7-5-8-28-55)67-46-44-62-54(22-4-2)48-74(68-45-43-61(53)77(67)78(62)68)82(70-38-20-26-52-24-12-14-32-60(52)70)58-40-42-66-64-34-16-18-36-72(64)80(76(66)50-58)56-29-9-6-10-30-56/h5-10,15-20,25-30,33-50H,3-4,11-14,21-24,31-32H2,1-2H3. The Morgan fingerprint density at radius 2 is 0.707 bits per heavy atom. The number of aromatic nitrogens is 2. The summed E-state index contributed by atoms with van der Waals surface area (Å²) < 4.78 is 4.95. The number of benzene rings is 12. The van der Waals surface area contributed by atoms with Gasteiger partial charge in [0.25, 0.3) is 0 Å². The summed E-state index contributed by atoms with van der Waals surface area (Å²) in [5.41, 5.74) is 23.4. The van der Waals surface area contributed by atoms with E-state index in [4.69, 9.17) is 0 Å². The zero-order valence-electron chi connectivity index (χ0n) is 47.1. The van der Waals surface area contributed by atoms with Gasteiger partial charge in [-0.2, -0.15) is 0 Å². The molecular formula is C78H66N4. The van der Waals surface area contributed by atoms with Gasteiger partial charge in [-0.25, -0.2) is 0 Å². The average Bonchev–Trinajstić information content (AvgIpc) is 2.46. The number of hydrogen-bond donors (Lipinski definition) is 0. The number of para-hydroxylation sites is 4. The highest BCUT2D eigenvalue weighted by Crippen LogP contribution is 2.52. The predicted molar refractivity (Wildman–Crippen MR) is 349 cm³/mol. The molecule has 0 bridgehead atoms. The summed E-state index contributed by atoms with van der Waals surface area (Å²) in [6.45, 7) is 4.70. The third-order valence-electron chi connectivity index (χ3n) is 18.6. The van der Waals surface area contributed by atoms with Crippen LogP contribution in [0.2, 0.25) is 0 Å². The van der Waals surface area contributed by atoms with E-state index in [-0.39, 0.29) is 0 Å². The molecule has 0 amide bonds. The largest absolute Gasteiger partial charge is 0.309 e. The van der Waals surface area contributed by atoms with Crippen molar-refractivity contribution in [3.63, 3.8) is 0 Å². The second kappa shape index (κ2) is 19.8. The minimum Gasteiger partial charge on any atom is -0.309 e. The Hall–Kier alpha value is -9.12. The Labute approximate surface area is 480 Å². The van der Waals surface area contributed by atoms with E-state index in [0.29, 0.717) is 0 Å². The maximum absolute atomic E-state index is 2.68. The number of anilines is 6. The molecule has 0 saturated heterocycles. The molecule has 82 heavy (non-hydrogen) atoms. The lowest BCUT2D eigenvalue weighted by molar-refractivity contribution is 0.686. The maximum atomic E-state index is 2.68. The Bertz CT molecular complexity index is 4480. The van der Waals surface area contributed by atoms with Crippen LogP contribution in [0.15, 0.2) is 218 Å². The van der Waals surface area contributed by atoms with Crippen molar-refractivity contribution in [1.82, 2.24) is 9.13 Å². The molecule has 2 aliphatic rings. The van der Waals surface area contributed by atoms with Crippen LogP contribution in [0.3, 0.4) is 0 Å². The summed E-state index contributed by atoms with van der Waals surface area (Å²) in [6, 6.07) is 83.8. The number of nitrogens with zero attached hydrogens (tertiary/aromatic N) is 4. The zero-order chi connectivity index (χ0) is 54.4. The lowest BCUT2D eigenvalue weighted by Crippen LogP contribution is -2.17. The number of fused-ring (bicyclic) bond motifs is 8.